The van der Waals surface area contributed by atoms with E-state index in [0.717, 1.165) is 50.0 Å². The normalized spacial score (nSPS) is 11.2. The van der Waals surface area contributed by atoms with Crippen LogP contribution in [0.4, 0.5) is 0 Å². The average Bonchev–Trinajstić information content (AvgIpc) is 3.18. The predicted molar refractivity (Wildman–Crippen MR) is 134 cm³/mol. The summed E-state index contributed by atoms with van der Waals surface area (Å²) >= 11 is 6.01. The highest BCUT2D eigenvalue weighted by atomic mass is 35.5. The molecule has 164 valence electrons. The highest BCUT2D eigenvalue weighted by molar-refractivity contribution is 6.30. The van der Waals surface area contributed by atoms with E-state index < -0.39 is 0 Å². The van der Waals surface area contributed by atoms with Crippen LogP contribution < -0.4 is 9.47 Å². The number of hydrogen-bond acceptors (Lipinski definition) is 3. The summed E-state index contributed by atoms with van der Waals surface area (Å²) in [7, 11) is 3.33. The first-order valence-corrected chi connectivity index (χ1v) is 11.0. The molecule has 0 bridgehead atoms. The van der Waals surface area contributed by atoms with Crippen molar-refractivity contribution < 1.29 is 14.3 Å². The number of methoxy groups -OCH3 is 2. The van der Waals surface area contributed by atoms with Crippen molar-refractivity contribution in [3.8, 4) is 22.6 Å². The molecule has 0 fully saturated rings. The van der Waals surface area contributed by atoms with Gasteiger partial charge in [-0.1, -0.05) is 29.8 Å². The summed E-state index contributed by atoms with van der Waals surface area (Å²) in [5.74, 6) is 1.48. The summed E-state index contributed by atoms with van der Waals surface area (Å²) in [6.45, 7) is 1.94. The van der Waals surface area contributed by atoms with E-state index in [0.29, 0.717) is 10.6 Å². The van der Waals surface area contributed by atoms with Gasteiger partial charge in [-0.25, -0.2) is 0 Å². The first-order chi connectivity index (χ1) is 16.0. The minimum absolute atomic E-state index is 0.0964. The summed E-state index contributed by atoms with van der Waals surface area (Å²) in [5.41, 5.74) is 4.24. The Labute approximate surface area is 196 Å². The summed E-state index contributed by atoms with van der Waals surface area (Å²) in [6, 6.07) is 25.2. The minimum Gasteiger partial charge on any atom is -0.497 e. The fraction of sp³-hybridized carbons (Fsp3) is 0.107. The second-order valence-electron chi connectivity index (χ2n) is 7.94. The summed E-state index contributed by atoms with van der Waals surface area (Å²) in [4.78, 5) is 13.4. The molecule has 1 aromatic heterocycles. The third kappa shape index (κ3) is 3.62. The monoisotopic (exact) mass is 455 g/mol. The number of carbonyl (C=O) groups is 1. The molecule has 0 radical (unpaired) electrons. The van der Waals surface area contributed by atoms with E-state index in [9.17, 15) is 4.79 Å². The van der Waals surface area contributed by atoms with E-state index >= 15 is 0 Å². The molecule has 4 aromatic carbocycles. The van der Waals surface area contributed by atoms with Crippen molar-refractivity contribution in [3.63, 3.8) is 0 Å². The predicted octanol–water partition coefficient (Wildman–Crippen LogP) is 7.13. The maximum absolute atomic E-state index is 13.4. The van der Waals surface area contributed by atoms with Gasteiger partial charge in [-0.3, -0.25) is 9.36 Å². The van der Waals surface area contributed by atoms with E-state index in [1.165, 1.54) is 0 Å². The number of aryl methyl sites for hydroxylation is 1. The van der Waals surface area contributed by atoms with Gasteiger partial charge in [0.2, 0.25) is 0 Å². The molecule has 0 aliphatic heterocycles. The summed E-state index contributed by atoms with van der Waals surface area (Å²) in [5, 5.41) is 3.75. The molecule has 5 aromatic rings. The Balaban J connectivity index is 1.71. The van der Waals surface area contributed by atoms with Crippen molar-refractivity contribution >= 4 is 39.2 Å². The lowest BCUT2D eigenvalue weighted by atomic mass is 9.97. The molecule has 0 spiro atoms. The number of hydrogen-bond donors (Lipinski definition) is 0. The molecule has 0 unspecified atom stereocenters. The lowest BCUT2D eigenvalue weighted by Gasteiger charge is -2.13. The van der Waals surface area contributed by atoms with Gasteiger partial charge in [-0.2, -0.15) is 0 Å². The van der Waals surface area contributed by atoms with Gasteiger partial charge in [-0.15, -0.1) is 0 Å². The highest BCUT2D eigenvalue weighted by Gasteiger charge is 2.20. The van der Waals surface area contributed by atoms with E-state index in [1.807, 2.05) is 43.3 Å². The van der Waals surface area contributed by atoms with Gasteiger partial charge in [0, 0.05) is 27.2 Å². The third-order valence-corrected chi connectivity index (χ3v) is 6.23. The van der Waals surface area contributed by atoms with Crippen molar-refractivity contribution in [1.29, 1.82) is 0 Å². The molecule has 0 N–H and O–H groups in total. The zero-order valence-electron chi connectivity index (χ0n) is 18.6. The largest absolute Gasteiger partial charge is 0.497 e. The van der Waals surface area contributed by atoms with Gasteiger partial charge in [0.15, 0.2) is 0 Å². The third-order valence-electron chi connectivity index (χ3n) is 5.98. The van der Waals surface area contributed by atoms with E-state index in [-0.39, 0.29) is 5.91 Å². The standard InChI is InChI=1S/C28H22ClNO3/c1-17-14-24-25(30(17)28(31)18-6-9-22(29)10-7-18)12-13-26(33-3)27(24)21-5-4-20-16-23(32-2)11-8-19(20)15-21/h4-16H,1-3H3. The van der Waals surface area contributed by atoms with Crippen LogP contribution in [0.2, 0.25) is 5.02 Å². The van der Waals surface area contributed by atoms with Gasteiger partial charge in [0.1, 0.15) is 11.5 Å². The molecule has 0 saturated heterocycles. The Morgan fingerprint density at radius 2 is 1.55 bits per heavy atom. The lowest BCUT2D eigenvalue weighted by Crippen LogP contribution is -2.13. The first kappa shape index (κ1) is 21.1. The number of fused-ring (bicyclic) bond motifs is 2. The fourth-order valence-electron chi connectivity index (χ4n) is 4.36. The molecular formula is C28H22ClNO3. The number of aromatic nitrogens is 1. The number of nitrogens with zero attached hydrogens (tertiary/aromatic N) is 1. The van der Waals surface area contributed by atoms with Crippen molar-refractivity contribution in [2.24, 2.45) is 0 Å². The topological polar surface area (TPSA) is 40.5 Å². The SMILES string of the molecule is COc1ccc2cc(-c3c(OC)ccc4c3cc(C)n4C(=O)c3ccc(Cl)cc3)ccc2c1. The van der Waals surface area contributed by atoms with Gasteiger partial charge in [0.05, 0.1) is 19.7 Å². The van der Waals surface area contributed by atoms with E-state index in [1.54, 1.807) is 43.1 Å². The van der Waals surface area contributed by atoms with Crippen LogP contribution in [0.5, 0.6) is 11.5 Å². The van der Waals surface area contributed by atoms with Crippen LogP contribution >= 0.6 is 11.6 Å². The van der Waals surface area contributed by atoms with Crippen molar-refractivity contribution in [3.05, 3.63) is 95.1 Å². The average molecular weight is 456 g/mol. The lowest BCUT2D eigenvalue weighted by molar-refractivity contribution is 0.0963. The van der Waals surface area contributed by atoms with Crippen LogP contribution in [0, 0.1) is 6.92 Å². The summed E-state index contributed by atoms with van der Waals surface area (Å²) < 4.78 is 12.8. The maximum atomic E-state index is 13.4. The molecule has 33 heavy (non-hydrogen) atoms. The molecule has 0 aliphatic carbocycles. The first-order valence-electron chi connectivity index (χ1n) is 10.6. The second kappa shape index (κ2) is 8.30. The quantitative estimate of drug-likeness (QED) is 0.289. The van der Waals surface area contributed by atoms with Gasteiger partial charge < -0.3 is 9.47 Å². The van der Waals surface area contributed by atoms with Crippen LogP contribution in [0.3, 0.4) is 0 Å². The summed E-state index contributed by atoms with van der Waals surface area (Å²) in [6.07, 6.45) is 0. The van der Waals surface area contributed by atoms with Gasteiger partial charge in [0.25, 0.3) is 5.91 Å². The number of benzene rings is 4. The van der Waals surface area contributed by atoms with Crippen molar-refractivity contribution in [2.75, 3.05) is 14.2 Å². The Morgan fingerprint density at radius 3 is 2.27 bits per heavy atom. The molecule has 1 heterocycles. The number of halogens is 1. The van der Waals surface area contributed by atoms with Crippen LogP contribution in [-0.4, -0.2) is 24.7 Å². The Kier molecular flexibility index (Phi) is 5.31. The second-order valence-corrected chi connectivity index (χ2v) is 8.37. The molecule has 0 saturated carbocycles. The van der Waals surface area contributed by atoms with Crippen LogP contribution in [-0.2, 0) is 0 Å². The smallest absolute Gasteiger partial charge is 0.262 e. The maximum Gasteiger partial charge on any atom is 0.262 e. The van der Waals surface area contributed by atoms with Crippen LogP contribution in [0.25, 0.3) is 32.8 Å². The van der Waals surface area contributed by atoms with Gasteiger partial charge in [-0.05, 0) is 83.9 Å². The molecule has 5 rings (SSSR count). The number of ether oxygens (including phenoxy) is 2. The molecule has 0 aliphatic rings. The Hall–Kier alpha value is -3.76. The van der Waals surface area contributed by atoms with Crippen LogP contribution in [0.15, 0.2) is 78.9 Å². The molecule has 5 heteroatoms. The highest BCUT2D eigenvalue weighted by Crippen LogP contribution is 2.40. The number of rotatable bonds is 4. The zero-order valence-corrected chi connectivity index (χ0v) is 19.3. The van der Waals surface area contributed by atoms with Crippen molar-refractivity contribution in [2.45, 2.75) is 6.92 Å². The van der Waals surface area contributed by atoms with Crippen molar-refractivity contribution in [1.82, 2.24) is 4.57 Å². The molecule has 0 atom stereocenters. The Morgan fingerprint density at radius 1 is 0.818 bits per heavy atom. The minimum atomic E-state index is -0.0964. The fourth-order valence-corrected chi connectivity index (χ4v) is 4.48. The van der Waals surface area contributed by atoms with E-state index in [2.05, 4.69) is 18.2 Å². The zero-order chi connectivity index (χ0) is 23.1. The molecule has 4 nitrogen and oxygen atoms in total. The van der Waals surface area contributed by atoms with Gasteiger partial charge >= 0.3 is 0 Å². The van der Waals surface area contributed by atoms with E-state index in [4.69, 9.17) is 21.1 Å². The Bertz CT molecular complexity index is 1520. The molecular weight excluding hydrogens is 434 g/mol. The van der Waals surface area contributed by atoms with Crippen LogP contribution in [0.1, 0.15) is 16.1 Å². The molecule has 0 amide bonds. The number of carbonyl (C=O) groups excluding carboxylic acids is 1.